The van der Waals surface area contributed by atoms with Crippen molar-refractivity contribution in [3.05, 3.63) is 65.2 Å². The Bertz CT molecular complexity index is 601. The summed E-state index contributed by atoms with van der Waals surface area (Å²) in [7, 11) is 0. The van der Waals surface area contributed by atoms with Gasteiger partial charge < -0.3 is 5.32 Å². The number of rotatable bonds is 5. The molecule has 2 aromatic carbocycles. The zero-order valence-electron chi connectivity index (χ0n) is 12.1. The lowest BCUT2D eigenvalue weighted by Gasteiger charge is -2.20. The molecule has 0 spiro atoms. The second-order valence-electron chi connectivity index (χ2n) is 4.99. The average Bonchev–Trinajstić information content (AvgIpc) is 2.50. The second-order valence-corrected chi connectivity index (χ2v) is 5.40. The lowest BCUT2D eigenvalue weighted by Crippen LogP contribution is -2.39. The minimum absolute atomic E-state index is 0.0956. The monoisotopic (exact) mass is 302 g/mol. The van der Waals surface area contributed by atoms with Gasteiger partial charge in [0.2, 0.25) is 5.91 Å². The van der Waals surface area contributed by atoms with E-state index in [9.17, 15) is 4.79 Å². The average molecular weight is 303 g/mol. The predicted molar refractivity (Wildman–Crippen MR) is 87.5 cm³/mol. The van der Waals surface area contributed by atoms with Crippen LogP contribution in [0.4, 0.5) is 5.69 Å². The minimum atomic E-state index is -0.323. The largest absolute Gasteiger partial charge is 0.323 e. The molecule has 0 aliphatic heterocycles. The SMILES string of the molecule is C[C@H](N[C@H](C)c1ccccc1)C(=O)Nc1ccccc1Cl. The number of carbonyl (C=O) groups excluding carboxylic acids is 1. The molecule has 4 heteroatoms. The van der Waals surface area contributed by atoms with Crippen LogP contribution in [0.3, 0.4) is 0 Å². The Morgan fingerprint density at radius 1 is 1.00 bits per heavy atom. The molecule has 0 bridgehead atoms. The number of benzene rings is 2. The van der Waals surface area contributed by atoms with Gasteiger partial charge in [0, 0.05) is 6.04 Å². The first-order chi connectivity index (χ1) is 10.1. The normalized spacial score (nSPS) is 13.5. The predicted octanol–water partition coefficient (Wildman–Crippen LogP) is 4.02. The molecular weight excluding hydrogens is 284 g/mol. The maximum Gasteiger partial charge on any atom is 0.241 e. The van der Waals surface area contributed by atoms with Crippen molar-refractivity contribution in [2.45, 2.75) is 25.9 Å². The van der Waals surface area contributed by atoms with Gasteiger partial charge in [-0.15, -0.1) is 0 Å². The molecule has 0 unspecified atom stereocenters. The topological polar surface area (TPSA) is 41.1 Å². The van der Waals surface area contributed by atoms with Crippen molar-refractivity contribution in [3.8, 4) is 0 Å². The van der Waals surface area contributed by atoms with E-state index < -0.39 is 0 Å². The van der Waals surface area contributed by atoms with Crippen molar-refractivity contribution in [1.82, 2.24) is 5.32 Å². The van der Waals surface area contributed by atoms with E-state index in [2.05, 4.69) is 10.6 Å². The molecule has 21 heavy (non-hydrogen) atoms. The molecular formula is C17H19ClN2O. The minimum Gasteiger partial charge on any atom is -0.323 e. The number of amides is 1. The maximum absolute atomic E-state index is 12.2. The van der Waals surface area contributed by atoms with Crippen LogP contribution in [0.5, 0.6) is 0 Å². The number of nitrogens with one attached hydrogen (secondary N) is 2. The Hall–Kier alpha value is -1.84. The van der Waals surface area contributed by atoms with Gasteiger partial charge in [0.15, 0.2) is 0 Å². The van der Waals surface area contributed by atoms with Gasteiger partial charge in [0.25, 0.3) is 0 Å². The number of para-hydroxylation sites is 1. The number of anilines is 1. The summed E-state index contributed by atoms with van der Waals surface area (Å²) in [5, 5.41) is 6.65. The summed E-state index contributed by atoms with van der Waals surface area (Å²) in [5.41, 5.74) is 1.78. The van der Waals surface area contributed by atoms with E-state index in [-0.39, 0.29) is 18.0 Å². The molecule has 0 aliphatic carbocycles. The van der Waals surface area contributed by atoms with E-state index in [1.807, 2.05) is 56.3 Å². The van der Waals surface area contributed by atoms with E-state index in [0.717, 1.165) is 5.56 Å². The van der Waals surface area contributed by atoms with Crippen LogP contribution in [0.2, 0.25) is 5.02 Å². The second kappa shape index (κ2) is 7.25. The van der Waals surface area contributed by atoms with E-state index in [1.54, 1.807) is 12.1 Å². The summed E-state index contributed by atoms with van der Waals surface area (Å²) >= 11 is 6.04. The van der Waals surface area contributed by atoms with Gasteiger partial charge in [-0.25, -0.2) is 0 Å². The van der Waals surface area contributed by atoms with E-state index in [4.69, 9.17) is 11.6 Å². The molecule has 2 atom stereocenters. The summed E-state index contributed by atoms with van der Waals surface area (Å²) in [6, 6.07) is 17.0. The summed E-state index contributed by atoms with van der Waals surface area (Å²) < 4.78 is 0. The van der Waals surface area contributed by atoms with Crippen LogP contribution < -0.4 is 10.6 Å². The van der Waals surface area contributed by atoms with Crippen molar-refractivity contribution in [1.29, 1.82) is 0 Å². The Labute approximate surface area is 130 Å². The maximum atomic E-state index is 12.2. The third kappa shape index (κ3) is 4.31. The van der Waals surface area contributed by atoms with Crippen LogP contribution in [0.1, 0.15) is 25.5 Å². The molecule has 0 aliphatic rings. The Balaban J connectivity index is 1.95. The molecule has 2 aromatic rings. The Kier molecular flexibility index (Phi) is 5.37. The van der Waals surface area contributed by atoms with Crippen LogP contribution in [0.25, 0.3) is 0 Å². The Morgan fingerprint density at radius 3 is 2.29 bits per heavy atom. The molecule has 0 saturated carbocycles. The van der Waals surface area contributed by atoms with E-state index in [0.29, 0.717) is 10.7 Å². The fourth-order valence-corrected chi connectivity index (χ4v) is 2.28. The fraction of sp³-hybridized carbons (Fsp3) is 0.235. The van der Waals surface area contributed by atoms with Gasteiger partial charge in [0.05, 0.1) is 16.8 Å². The Morgan fingerprint density at radius 2 is 1.62 bits per heavy atom. The molecule has 0 fully saturated rings. The van der Waals surface area contributed by atoms with Crippen molar-refractivity contribution < 1.29 is 4.79 Å². The number of carbonyl (C=O) groups is 1. The zero-order valence-corrected chi connectivity index (χ0v) is 12.9. The third-order valence-electron chi connectivity index (χ3n) is 3.32. The van der Waals surface area contributed by atoms with Crippen LogP contribution in [0.15, 0.2) is 54.6 Å². The highest BCUT2D eigenvalue weighted by Crippen LogP contribution is 2.20. The highest BCUT2D eigenvalue weighted by atomic mass is 35.5. The lowest BCUT2D eigenvalue weighted by molar-refractivity contribution is -0.117. The van der Waals surface area contributed by atoms with Crippen LogP contribution in [0, 0.1) is 0 Å². The lowest BCUT2D eigenvalue weighted by atomic mass is 10.1. The smallest absolute Gasteiger partial charge is 0.241 e. The summed E-state index contributed by atoms with van der Waals surface area (Å²) in [6.07, 6.45) is 0. The number of hydrogen-bond acceptors (Lipinski definition) is 2. The molecule has 1 amide bonds. The molecule has 0 saturated heterocycles. The molecule has 2 rings (SSSR count). The first-order valence-electron chi connectivity index (χ1n) is 6.94. The van der Waals surface area contributed by atoms with Crippen molar-refractivity contribution in [2.75, 3.05) is 5.32 Å². The number of hydrogen-bond donors (Lipinski definition) is 2. The molecule has 0 radical (unpaired) electrons. The van der Waals surface area contributed by atoms with Gasteiger partial charge in [-0.05, 0) is 31.5 Å². The van der Waals surface area contributed by atoms with Crippen molar-refractivity contribution in [2.24, 2.45) is 0 Å². The number of halogens is 1. The van der Waals surface area contributed by atoms with Crippen molar-refractivity contribution >= 4 is 23.2 Å². The first-order valence-corrected chi connectivity index (χ1v) is 7.32. The summed E-state index contributed by atoms with van der Waals surface area (Å²) in [6.45, 7) is 3.88. The van der Waals surface area contributed by atoms with Crippen LogP contribution in [-0.4, -0.2) is 11.9 Å². The molecule has 110 valence electrons. The highest BCUT2D eigenvalue weighted by molar-refractivity contribution is 6.33. The molecule has 0 aromatic heterocycles. The van der Waals surface area contributed by atoms with Gasteiger partial charge in [-0.1, -0.05) is 54.1 Å². The van der Waals surface area contributed by atoms with Gasteiger partial charge in [-0.2, -0.15) is 0 Å². The first kappa shape index (κ1) is 15.5. The molecule has 3 nitrogen and oxygen atoms in total. The van der Waals surface area contributed by atoms with Gasteiger partial charge in [-0.3, -0.25) is 10.1 Å². The fourth-order valence-electron chi connectivity index (χ4n) is 2.09. The van der Waals surface area contributed by atoms with E-state index >= 15 is 0 Å². The quantitative estimate of drug-likeness (QED) is 0.876. The van der Waals surface area contributed by atoms with Gasteiger partial charge in [0.1, 0.15) is 0 Å². The van der Waals surface area contributed by atoms with Gasteiger partial charge >= 0.3 is 0 Å². The molecule has 2 N–H and O–H groups in total. The van der Waals surface area contributed by atoms with Crippen molar-refractivity contribution in [3.63, 3.8) is 0 Å². The van der Waals surface area contributed by atoms with Crippen LogP contribution in [-0.2, 0) is 4.79 Å². The highest BCUT2D eigenvalue weighted by Gasteiger charge is 2.16. The standard InChI is InChI=1S/C17H19ClN2O/c1-12(14-8-4-3-5-9-14)19-13(2)17(21)20-16-11-7-6-10-15(16)18/h3-13,19H,1-2H3,(H,20,21)/t12-,13+/m1/s1. The summed E-state index contributed by atoms with van der Waals surface area (Å²) in [4.78, 5) is 12.2. The molecule has 0 heterocycles. The summed E-state index contributed by atoms with van der Waals surface area (Å²) in [5.74, 6) is -0.106. The third-order valence-corrected chi connectivity index (χ3v) is 3.65. The zero-order chi connectivity index (χ0) is 15.2. The van der Waals surface area contributed by atoms with Crippen LogP contribution >= 0.6 is 11.6 Å². The van der Waals surface area contributed by atoms with E-state index in [1.165, 1.54) is 0 Å².